The summed E-state index contributed by atoms with van der Waals surface area (Å²) in [7, 11) is 0. The molecule has 0 aromatic heterocycles. The van der Waals surface area contributed by atoms with Gasteiger partial charge in [0.1, 0.15) is 12.4 Å². The van der Waals surface area contributed by atoms with E-state index in [1.165, 1.54) is 0 Å². The van der Waals surface area contributed by atoms with Crippen LogP contribution in [0.3, 0.4) is 0 Å². The first-order valence-corrected chi connectivity index (χ1v) is 13.2. The molecule has 0 spiro atoms. The highest BCUT2D eigenvalue weighted by Gasteiger charge is 2.44. The first-order chi connectivity index (χ1) is 17.8. The number of aliphatic hydroxyl groups is 3. The largest absolute Gasteiger partial charge is 0.490 e. The van der Waals surface area contributed by atoms with E-state index < -0.39 is 35.9 Å². The van der Waals surface area contributed by atoms with Gasteiger partial charge in [-0.3, -0.25) is 5.32 Å². The fourth-order valence-electron chi connectivity index (χ4n) is 4.73. The van der Waals surface area contributed by atoms with Gasteiger partial charge in [-0.15, -0.1) is 0 Å². The average Bonchev–Trinajstić information content (AvgIpc) is 2.87. The van der Waals surface area contributed by atoms with Crippen molar-refractivity contribution >= 4 is 6.09 Å². The zero-order valence-electron chi connectivity index (χ0n) is 23.6. The Morgan fingerprint density at radius 3 is 2.26 bits per heavy atom. The van der Waals surface area contributed by atoms with Crippen LogP contribution in [0.5, 0.6) is 5.75 Å². The van der Waals surface area contributed by atoms with Crippen molar-refractivity contribution in [2.45, 2.75) is 65.9 Å². The van der Waals surface area contributed by atoms with E-state index in [4.69, 9.17) is 4.74 Å². The van der Waals surface area contributed by atoms with Gasteiger partial charge in [-0.2, -0.15) is 0 Å². The fourth-order valence-corrected chi connectivity index (χ4v) is 4.73. The molecule has 212 valence electrons. The van der Waals surface area contributed by atoms with Crippen LogP contribution in [0.1, 0.15) is 48.0 Å². The molecule has 0 bridgehead atoms. The molecule has 38 heavy (non-hydrogen) atoms. The van der Waals surface area contributed by atoms with E-state index in [1.807, 2.05) is 76.3 Å². The molecule has 7 nitrogen and oxygen atoms in total. The summed E-state index contributed by atoms with van der Waals surface area (Å²) in [6, 6.07) is 9.55. The molecule has 5 N–H and O–H groups in total. The summed E-state index contributed by atoms with van der Waals surface area (Å²) in [5, 5.41) is 44.6. The molecular weight excluding hydrogens is 482 g/mol. The van der Waals surface area contributed by atoms with Crippen molar-refractivity contribution in [3.63, 3.8) is 0 Å². The summed E-state index contributed by atoms with van der Waals surface area (Å²) >= 11 is 0. The lowest BCUT2D eigenvalue weighted by atomic mass is 9.77. The number of carbonyl (C=O) groups is 1. The fraction of sp³-hybridized carbons (Fsp3) is 0.516. The van der Waals surface area contributed by atoms with E-state index in [9.17, 15) is 25.2 Å². The van der Waals surface area contributed by atoms with Gasteiger partial charge < -0.3 is 25.2 Å². The predicted molar refractivity (Wildman–Crippen MR) is 153 cm³/mol. The topological polar surface area (TPSA) is 119 Å². The molecule has 0 heterocycles. The van der Waals surface area contributed by atoms with Crippen molar-refractivity contribution < 1.29 is 30.0 Å². The van der Waals surface area contributed by atoms with E-state index in [1.54, 1.807) is 32.1 Å². The number of carboxylic acid groups (broad SMARTS) is 1. The molecule has 1 rings (SSSR count). The molecule has 0 aliphatic carbocycles. The second-order valence-corrected chi connectivity index (χ2v) is 10.4. The van der Waals surface area contributed by atoms with Crippen molar-refractivity contribution in [1.82, 2.24) is 5.32 Å². The molecule has 7 heteroatoms. The number of hydrogen-bond acceptors (Lipinski definition) is 5. The van der Waals surface area contributed by atoms with Crippen LogP contribution < -0.4 is 10.1 Å². The van der Waals surface area contributed by atoms with Gasteiger partial charge in [0.25, 0.3) is 0 Å². The van der Waals surface area contributed by atoms with Crippen LogP contribution in [0.4, 0.5) is 4.79 Å². The molecule has 0 radical (unpaired) electrons. The Kier molecular flexibility index (Phi) is 14.1. The maximum absolute atomic E-state index is 11.4. The van der Waals surface area contributed by atoms with Crippen LogP contribution in [0, 0.1) is 29.6 Å². The Morgan fingerprint density at radius 2 is 1.68 bits per heavy atom. The van der Waals surface area contributed by atoms with Gasteiger partial charge in [-0.1, -0.05) is 101 Å². The van der Waals surface area contributed by atoms with Gasteiger partial charge in [0.2, 0.25) is 0 Å². The van der Waals surface area contributed by atoms with E-state index in [-0.39, 0.29) is 17.8 Å². The normalized spacial score (nSPS) is 19.7. The molecular formula is C31H47NO6. The third kappa shape index (κ3) is 10.5. The van der Waals surface area contributed by atoms with Gasteiger partial charge in [0, 0.05) is 23.7 Å². The smallest absolute Gasteiger partial charge is 0.406 e. The van der Waals surface area contributed by atoms with Crippen molar-refractivity contribution in [2.75, 3.05) is 6.61 Å². The third-order valence-corrected chi connectivity index (χ3v) is 7.12. The van der Waals surface area contributed by atoms with Crippen LogP contribution in [0.15, 0.2) is 78.9 Å². The lowest BCUT2D eigenvalue weighted by Gasteiger charge is -2.41. The van der Waals surface area contributed by atoms with Crippen LogP contribution >= 0.6 is 0 Å². The van der Waals surface area contributed by atoms with Crippen LogP contribution in [-0.2, 0) is 0 Å². The highest BCUT2D eigenvalue weighted by atomic mass is 16.5. The zero-order chi connectivity index (χ0) is 28.9. The minimum absolute atomic E-state index is 0.0846. The molecule has 0 aliphatic heterocycles. The van der Waals surface area contributed by atoms with E-state index in [2.05, 4.69) is 11.9 Å². The summed E-state index contributed by atoms with van der Waals surface area (Å²) in [5.41, 5.74) is -0.875. The van der Waals surface area contributed by atoms with E-state index >= 15 is 0 Å². The zero-order valence-corrected chi connectivity index (χ0v) is 23.6. The van der Waals surface area contributed by atoms with Crippen LogP contribution in [0.25, 0.3) is 0 Å². The minimum Gasteiger partial charge on any atom is -0.490 e. The van der Waals surface area contributed by atoms with Crippen molar-refractivity contribution in [3.05, 3.63) is 78.9 Å². The van der Waals surface area contributed by atoms with Crippen LogP contribution in [-0.4, -0.2) is 51.1 Å². The Morgan fingerprint density at radius 1 is 1.05 bits per heavy atom. The molecule has 1 aromatic carbocycles. The second kappa shape index (κ2) is 16.2. The van der Waals surface area contributed by atoms with Crippen molar-refractivity contribution in [1.29, 1.82) is 0 Å². The molecule has 0 saturated carbocycles. The number of amides is 1. The van der Waals surface area contributed by atoms with Crippen LogP contribution in [0.2, 0.25) is 0 Å². The summed E-state index contributed by atoms with van der Waals surface area (Å²) in [5.74, 6) is -1.08. The van der Waals surface area contributed by atoms with Crippen molar-refractivity contribution in [2.24, 2.45) is 29.6 Å². The Labute approximate surface area is 228 Å². The number of para-hydroxylation sites is 1. The van der Waals surface area contributed by atoms with Gasteiger partial charge in [-0.25, -0.2) is 4.79 Å². The molecule has 8 atom stereocenters. The molecule has 0 saturated heterocycles. The number of aliphatic hydroxyl groups excluding tert-OH is 2. The number of rotatable bonds is 16. The Hall–Kier alpha value is -2.87. The summed E-state index contributed by atoms with van der Waals surface area (Å²) in [6.07, 6.45) is 8.25. The summed E-state index contributed by atoms with van der Waals surface area (Å²) < 4.78 is 5.66. The molecule has 0 fully saturated rings. The minimum atomic E-state index is -1.87. The van der Waals surface area contributed by atoms with Gasteiger partial charge in [0.15, 0.2) is 5.72 Å². The summed E-state index contributed by atoms with van der Waals surface area (Å²) in [6.45, 7) is 15.1. The standard InChI is InChI=1S/C31H47NO6/c1-8-9-15-25(6)31(37,32-30(35)36)26(7)29(34)24(5)20-21(2)19-23(4)28(33)22(3)14-13-18-38-27-16-11-10-12-17-27/h8-17,19,22-26,28-29,32-34,37H,1,18,20H2,2-7H3,(H,35,36)/b14-13-,15-9-,21-19-/t22?,23?,24-,25-,26?,28?,29?,31-/m0/s1. The number of allylic oxidation sites excluding steroid dienone is 3. The predicted octanol–water partition coefficient (Wildman–Crippen LogP) is 5.56. The Bertz CT molecular complexity index is 943. The van der Waals surface area contributed by atoms with E-state index in [0.29, 0.717) is 13.0 Å². The molecule has 0 aliphatic rings. The second-order valence-electron chi connectivity index (χ2n) is 10.4. The molecule has 1 amide bonds. The monoisotopic (exact) mass is 529 g/mol. The molecule has 5 unspecified atom stereocenters. The highest BCUT2D eigenvalue weighted by Crippen LogP contribution is 2.32. The number of nitrogens with one attached hydrogen (secondary N) is 1. The lowest BCUT2D eigenvalue weighted by molar-refractivity contribution is -0.116. The lowest BCUT2D eigenvalue weighted by Crippen LogP contribution is -2.60. The quantitative estimate of drug-likeness (QED) is 0.109. The van der Waals surface area contributed by atoms with Crippen molar-refractivity contribution in [3.8, 4) is 5.75 Å². The maximum atomic E-state index is 11.4. The highest BCUT2D eigenvalue weighted by molar-refractivity contribution is 5.65. The third-order valence-electron chi connectivity index (χ3n) is 7.12. The van der Waals surface area contributed by atoms with Gasteiger partial charge in [0.05, 0.1) is 12.2 Å². The number of ether oxygens (including phenoxy) is 1. The molecule has 1 aromatic rings. The van der Waals surface area contributed by atoms with Gasteiger partial charge >= 0.3 is 6.09 Å². The summed E-state index contributed by atoms with van der Waals surface area (Å²) in [4.78, 5) is 11.4. The van der Waals surface area contributed by atoms with Gasteiger partial charge in [-0.05, 0) is 31.4 Å². The first kappa shape index (κ1) is 33.2. The number of hydrogen-bond donors (Lipinski definition) is 5. The SMILES string of the molecule is C=C/C=C\[C@H](C)[C@@](O)(NC(=O)O)C(C)C(O)[C@@H](C)C/C(C)=C\C(C)C(O)C(C)/C=C\COc1ccccc1. The average molecular weight is 530 g/mol. The maximum Gasteiger partial charge on any atom is 0.406 e. The Balaban J connectivity index is 2.77. The number of benzene rings is 1. The van der Waals surface area contributed by atoms with E-state index in [0.717, 1.165) is 11.3 Å². The first-order valence-electron chi connectivity index (χ1n) is 13.2.